The molecule has 1 N–H and O–H groups in total. The lowest BCUT2D eigenvalue weighted by Crippen LogP contribution is -2.39. The summed E-state index contributed by atoms with van der Waals surface area (Å²) in [6.45, 7) is 14.8. The second-order valence-electron chi connectivity index (χ2n) is 7.21. The van der Waals surface area contributed by atoms with Crippen molar-refractivity contribution in [3.05, 3.63) is 29.3 Å². The Hall–Kier alpha value is -1.84. The summed E-state index contributed by atoms with van der Waals surface area (Å²) in [6, 6.07) is 6.25. The monoisotopic (exact) mass is 332 g/mol. The van der Waals surface area contributed by atoms with Gasteiger partial charge in [-0.15, -0.1) is 0 Å². The van der Waals surface area contributed by atoms with Crippen LogP contribution in [-0.4, -0.2) is 24.9 Å². The van der Waals surface area contributed by atoms with Gasteiger partial charge in [0.1, 0.15) is 0 Å². The molecular formula is C20H32N2O2. The smallest absolute Gasteiger partial charge is 0.223 e. The van der Waals surface area contributed by atoms with Gasteiger partial charge in [-0.1, -0.05) is 59.7 Å². The fourth-order valence-corrected chi connectivity index (χ4v) is 2.75. The Bertz CT molecular complexity index is 551. The number of carbonyl (C=O) groups excluding carboxylic acids is 2. The van der Waals surface area contributed by atoms with E-state index in [1.807, 2.05) is 18.7 Å². The number of amides is 2. The van der Waals surface area contributed by atoms with Crippen LogP contribution in [0.1, 0.15) is 71.4 Å². The van der Waals surface area contributed by atoms with Gasteiger partial charge < -0.3 is 10.2 Å². The summed E-state index contributed by atoms with van der Waals surface area (Å²) < 4.78 is 0. The van der Waals surface area contributed by atoms with Gasteiger partial charge in [0.2, 0.25) is 11.8 Å². The Morgan fingerprint density at radius 2 is 1.50 bits per heavy atom. The summed E-state index contributed by atoms with van der Waals surface area (Å²) in [7, 11) is 0. The minimum absolute atomic E-state index is 0.00351. The van der Waals surface area contributed by atoms with Crippen LogP contribution in [0.25, 0.3) is 0 Å². The average Bonchev–Trinajstić information content (AvgIpc) is 2.49. The molecule has 134 valence electrons. The Kier molecular flexibility index (Phi) is 7.46. The van der Waals surface area contributed by atoms with E-state index in [2.05, 4.69) is 51.2 Å². The van der Waals surface area contributed by atoms with E-state index in [-0.39, 0.29) is 17.7 Å². The van der Waals surface area contributed by atoms with Crippen molar-refractivity contribution in [2.75, 3.05) is 18.0 Å². The first-order valence-corrected chi connectivity index (χ1v) is 8.85. The molecule has 0 aliphatic carbocycles. The Morgan fingerprint density at radius 1 is 1.00 bits per heavy atom. The first kappa shape index (κ1) is 20.2. The minimum atomic E-state index is -0.0510. The van der Waals surface area contributed by atoms with Crippen LogP contribution in [0.4, 0.5) is 5.69 Å². The summed E-state index contributed by atoms with van der Waals surface area (Å²) >= 11 is 0. The summed E-state index contributed by atoms with van der Waals surface area (Å²) in [5.41, 5.74) is 3.35. The molecule has 0 atom stereocenters. The molecule has 0 spiro atoms. The second kappa shape index (κ2) is 8.86. The number of hydrogen-bond acceptors (Lipinski definition) is 2. The Balaban J connectivity index is 3.15. The molecule has 0 bridgehead atoms. The van der Waals surface area contributed by atoms with E-state index in [0.717, 1.165) is 5.69 Å². The molecule has 0 aliphatic rings. The summed E-state index contributed by atoms with van der Waals surface area (Å²) in [4.78, 5) is 25.9. The summed E-state index contributed by atoms with van der Waals surface area (Å²) in [5, 5.41) is 2.90. The first-order valence-electron chi connectivity index (χ1n) is 8.85. The van der Waals surface area contributed by atoms with Crippen molar-refractivity contribution in [2.24, 2.45) is 5.92 Å². The first-order chi connectivity index (χ1) is 11.2. The second-order valence-corrected chi connectivity index (χ2v) is 7.21. The molecule has 4 nitrogen and oxygen atoms in total. The SMILES string of the molecule is CC(=O)N(CCNC(=O)C(C)C)c1c(C(C)C)cccc1C(C)C. The van der Waals surface area contributed by atoms with Crippen LogP contribution in [0.2, 0.25) is 0 Å². The van der Waals surface area contributed by atoms with E-state index in [0.29, 0.717) is 24.9 Å². The van der Waals surface area contributed by atoms with Gasteiger partial charge in [-0.2, -0.15) is 0 Å². The number of para-hydroxylation sites is 1. The van der Waals surface area contributed by atoms with Crippen molar-refractivity contribution in [3.8, 4) is 0 Å². The Morgan fingerprint density at radius 3 is 1.88 bits per heavy atom. The number of carbonyl (C=O) groups is 2. The van der Waals surface area contributed by atoms with Crippen molar-refractivity contribution in [1.29, 1.82) is 0 Å². The van der Waals surface area contributed by atoms with E-state index in [1.165, 1.54) is 11.1 Å². The molecule has 1 aromatic rings. The predicted octanol–water partition coefficient (Wildman–Crippen LogP) is 4.06. The molecule has 0 saturated carbocycles. The van der Waals surface area contributed by atoms with Gasteiger partial charge in [-0.3, -0.25) is 9.59 Å². The maximum absolute atomic E-state index is 12.3. The number of benzene rings is 1. The zero-order valence-corrected chi connectivity index (χ0v) is 16.1. The predicted molar refractivity (Wildman–Crippen MR) is 100 cm³/mol. The fourth-order valence-electron chi connectivity index (χ4n) is 2.75. The third kappa shape index (κ3) is 5.08. The highest BCUT2D eigenvalue weighted by molar-refractivity contribution is 5.93. The van der Waals surface area contributed by atoms with Crippen LogP contribution in [0.5, 0.6) is 0 Å². The van der Waals surface area contributed by atoms with Gasteiger partial charge in [-0.05, 0) is 23.0 Å². The molecule has 0 aliphatic heterocycles. The van der Waals surface area contributed by atoms with Gasteiger partial charge in [0.05, 0.1) is 5.69 Å². The highest BCUT2D eigenvalue weighted by Gasteiger charge is 2.22. The van der Waals surface area contributed by atoms with Crippen LogP contribution < -0.4 is 10.2 Å². The standard InChI is InChI=1S/C20H32N2O2/c1-13(2)17-9-8-10-18(14(3)4)19(17)22(16(7)23)12-11-21-20(24)15(5)6/h8-10,13-15H,11-12H2,1-7H3,(H,21,24). The molecule has 24 heavy (non-hydrogen) atoms. The lowest BCUT2D eigenvalue weighted by atomic mass is 9.92. The highest BCUT2D eigenvalue weighted by atomic mass is 16.2. The zero-order valence-electron chi connectivity index (χ0n) is 16.1. The molecule has 0 heterocycles. The molecule has 0 unspecified atom stereocenters. The van der Waals surface area contributed by atoms with Crippen LogP contribution in [0.15, 0.2) is 18.2 Å². The molecule has 0 radical (unpaired) electrons. The molecule has 0 aromatic heterocycles. The average molecular weight is 332 g/mol. The fraction of sp³-hybridized carbons (Fsp3) is 0.600. The highest BCUT2D eigenvalue weighted by Crippen LogP contribution is 2.35. The van der Waals surface area contributed by atoms with E-state index in [4.69, 9.17) is 0 Å². The third-order valence-corrected chi connectivity index (χ3v) is 4.15. The van der Waals surface area contributed by atoms with E-state index >= 15 is 0 Å². The van der Waals surface area contributed by atoms with E-state index in [1.54, 1.807) is 6.92 Å². The van der Waals surface area contributed by atoms with Crippen LogP contribution in [-0.2, 0) is 9.59 Å². The van der Waals surface area contributed by atoms with Crippen molar-refractivity contribution >= 4 is 17.5 Å². The maximum atomic E-state index is 12.3. The van der Waals surface area contributed by atoms with Gasteiger partial charge in [-0.25, -0.2) is 0 Å². The topological polar surface area (TPSA) is 49.4 Å². The van der Waals surface area contributed by atoms with Gasteiger partial charge in [0, 0.05) is 25.9 Å². The molecule has 1 rings (SSSR count). The van der Waals surface area contributed by atoms with E-state index < -0.39 is 0 Å². The maximum Gasteiger partial charge on any atom is 0.223 e. The number of nitrogens with zero attached hydrogens (tertiary/aromatic N) is 1. The number of rotatable bonds is 7. The summed E-state index contributed by atoms with van der Waals surface area (Å²) in [6.07, 6.45) is 0. The van der Waals surface area contributed by atoms with Crippen molar-refractivity contribution in [1.82, 2.24) is 5.32 Å². The number of anilines is 1. The normalized spacial score (nSPS) is 11.2. The Labute approximate surface area is 146 Å². The largest absolute Gasteiger partial charge is 0.354 e. The third-order valence-electron chi connectivity index (χ3n) is 4.15. The van der Waals surface area contributed by atoms with Crippen molar-refractivity contribution in [3.63, 3.8) is 0 Å². The summed E-state index contributed by atoms with van der Waals surface area (Å²) in [5.74, 6) is 0.616. The lowest BCUT2D eigenvalue weighted by molar-refractivity contribution is -0.124. The number of nitrogens with one attached hydrogen (secondary N) is 1. The molecule has 1 aromatic carbocycles. The lowest BCUT2D eigenvalue weighted by Gasteiger charge is -2.29. The molecule has 0 fully saturated rings. The quantitative estimate of drug-likeness (QED) is 0.818. The van der Waals surface area contributed by atoms with Crippen LogP contribution in [0, 0.1) is 5.92 Å². The van der Waals surface area contributed by atoms with Crippen LogP contribution in [0.3, 0.4) is 0 Å². The molecular weight excluding hydrogens is 300 g/mol. The van der Waals surface area contributed by atoms with Gasteiger partial charge in [0.25, 0.3) is 0 Å². The minimum Gasteiger partial charge on any atom is -0.354 e. The van der Waals surface area contributed by atoms with E-state index in [9.17, 15) is 9.59 Å². The number of hydrogen-bond donors (Lipinski definition) is 1. The van der Waals surface area contributed by atoms with Crippen LogP contribution >= 0.6 is 0 Å². The van der Waals surface area contributed by atoms with Gasteiger partial charge >= 0.3 is 0 Å². The van der Waals surface area contributed by atoms with Crippen molar-refractivity contribution in [2.45, 2.75) is 60.3 Å². The van der Waals surface area contributed by atoms with Gasteiger partial charge in [0.15, 0.2) is 0 Å². The van der Waals surface area contributed by atoms with Crippen molar-refractivity contribution < 1.29 is 9.59 Å². The molecule has 4 heteroatoms. The molecule has 0 saturated heterocycles. The molecule has 2 amide bonds. The zero-order chi connectivity index (χ0) is 18.4.